The summed E-state index contributed by atoms with van der Waals surface area (Å²) < 4.78 is 12.7. The van der Waals surface area contributed by atoms with E-state index in [1.54, 1.807) is 16.4 Å². The van der Waals surface area contributed by atoms with Crippen molar-refractivity contribution in [1.29, 1.82) is 0 Å². The summed E-state index contributed by atoms with van der Waals surface area (Å²) in [6.45, 7) is 14.0. The molecule has 45 heavy (non-hydrogen) atoms. The zero-order valence-electron chi connectivity index (χ0n) is 27.2. The molecule has 0 saturated carbocycles. The van der Waals surface area contributed by atoms with Crippen LogP contribution in [-0.4, -0.2) is 60.1 Å². The van der Waals surface area contributed by atoms with Crippen LogP contribution >= 0.6 is 0 Å². The number of carbonyl (C=O) groups excluding carboxylic acids is 3. The van der Waals surface area contributed by atoms with Gasteiger partial charge in [0.1, 0.15) is 6.61 Å². The summed E-state index contributed by atoms with van der Waals surface area (Å²) >= 11 is 0. The van der Waals surface area contributed by atoms with Crippen molar-refractivity contribution in [2.45, 2.75) is 90.9 Å². The zero-order chi connectivity index (χ0) is 32.5. The maximum absolute atomic E-state index is 13.9. The molecule has 2 aliphatic rings. The molecule has 240 valence electrons. The average molecular weight is 633 g/mol. The number of nitrogens with one attached hydrogen (secondary N) is 1. The van der Waals surface area contributed by atoms with E-state index in [9.17, 15) is 19.2 Å². The fraction of sp³-hybridized carbons (Fsp3) is 0.500. The third-order valence-corrected chi connectivity index (χ3v) is 12.7. The minimum atomic E-state index is -1.67. The Labute approximate surface area is 265 Å². The summed E-state index contributed by atoms with van der Waals surface area (Å²) in [4.78, 5) is 58.3. The topological polar surface area (TPSA) is 120 Å². The maximum atomic E-state index is 13.9. The zero-order valence-corrected chi connectivity index (χ0v) is 28.2. The molecule has 1 atom stereocenters. The number of amides is 2. The van der Waals surface area contributed by atoms with Crippen LogP contribution in [-0.2, 0) is 44.2 Å². The Hall–Kier alpha value is -3.99. The summed E-state index contributed by atoms with van der Waals surface area (Å²) in [6, 6.07) is 12.0. The smallest absolute Gasteiger partial charge is 0.355 e. The van der Waals surface area contributed by atoms with Crippen molar-refractivity contribution in [1.82, 2.24) is 19.8 Å². The van der Waals surface area contributed by atoms with Gasteiger partial charge in [-0.1, -0.05) is 50.3 Å². The lowest BCUT2D eigenvalue weighted by Gasteiger charge is -2.35. The fourth-order valence-electron chi connectivity index (χ4n) is 6.77. The number of pyridine rings is 2. The van der Waals surface area contributed by atoms with E-state index < -0.39 is 25.6 Å². The summed E-state index contributed by atoms with van der Waals surface area (Å²) in [5.41, 5.74) is 3.22. The third kappa shape index (κ3) is 6.02. The summed E-state index contributed by atoms with van der Waals surface area (Å²) in [5, 5.41) is 4.14. The number of aryl methyl sites for hydroxylation is 1. The molecule has 0 saturated heterocycles. The van der Waals surface area contributed by atoms with Crippen LogP contribution in [0, 0.1) is 0 Å². The van der Waals surface area contributed by atoms with E-state index >= 15 is 0 Å². The van der Waals surface area contributed by atoms with E-state index in [0.29, 0.717) is 43.0 Å². The van der Waals surface area contributed by atoms with E-state index in [-0.39, 0.29) is 24.6 Å². The summed E-state index contributed by atoms with van der Waals surface area (Å²) in [5.74, 6) is -1.28. The van der Waals surface area contributed by atoms with Gasteiger partial charge in [-0.25, -0.2) is 14.6 Å². The Bertz CT molecular complexity index is 1710. The molecule has 0 spiro atoms. The van der Waals surface area contributed by atoms with Crippen molar-refractivity contribution in [2.24, 2.45) is 0 Å². The molecule has 2 aromatic heterocycles. The number of carbonyl (C=O) groups is 3. The van der Waals surface area contributed by atoms with Gasteiger partial charge in [-0.3, -0.25) is 9.59 Å². The van der Waals surface area contributed by atoms with Crippen molar-refractivity contribution in [3.63, 3.8) is 0 Å². The van der Waals surface area contributed by atoms with Crippen LogP contribution in [0.5, 0.6) is 0 Å². The van der Waals surface area contributed by atoms with Gasteiger partial charge < -0.3 is 24.3 Å². The van der Waals surface area contributed by atoms with Gasteiger partial charge in [0.25, 0.3) is 5.56 Å². The molecule has 0 radical (unpaired) electrons. The van der Waals surface area contributed by atoms with E-state index in [1.807, 2.05) is 38.1 Å². The van der Waals surface area contributed by atoms with Crippen LogP contribution in [0.3, 0.4) is 0 Å². The van der Waals surface area contributed by atoms with E-state index in [4.69, 9.17) is 14.5 Å². The van der Waals surface area contributed by atoms with Gasteiger partial charge in [-0.05, 0) is 50.8 Å². The normalized spacial score (nSPS) is 16.9. The average Bonchev–Trinajstić information content (AvgIpc) is 3.38. The first-order valence-electron chi connectivity index (χ1n) is 16.0. The van der Waals surface area contributed by atoms with Crippen molar-refractivity contribution >= 4 is 36.9 Å². The van der Waals surface area contributed by atoms with E-state index in [0.717, 1.165) is 47.1 Å². The number of aromatic nitrogens is 2. The molecule has 1 aromatic carbocycles. The van der Waals surface area contributed by atoms with Crippen molar-refractivity contribution in [2.75, 3.05) is 19.6 Å². The molecule has 0 fully saturated rings. The highest BCUT2D eigenvalue weighted by atomic mass is 28.3. The maximum Gasteiger partial charge on any atom is 0.355 e. The lowest BCUT2D eigenvalue weighted by atomic mass is 9.85. The Morgan fingerprint density at radius 3 is 2.53 bits per heavy atom. The number of fused-ring (bicyclic) bond motifs is 5. The first kappa shape index (κ1) is 32.4. The largest absolute Gasteiger partial charge is 0.457 e. The highest BCUT2D eigenvalue weighted by molar-refractivity contribution is 6.77. The number of ether oxygens (including phenoxy) is 2. The number of para-hydroxylation sites is 1. The highest BCUT2D eigenvalue weighted by Crippen LogP contribution is 2.42. The van der Waals surface area contributed by atoms with Crippen LogP contribution in [0.2, 0.25) is 25.2 Å². The quantitative estimate of drug-likeness (QED) is 0.135. The molecule has 2 amide bonds. The van der Waals surface area contributed by atoms with Gasteiger partial charge in [0.2, 0.25) is 5.60 Å². The standard InChI is InChI=1S/C34H44N4O6Si/c1-7-34(44-22(4)39)27-19-29-30-25(20-38(29)31(40)26(27)21-43-32(34)41)23(24-13-10-11-14-28(24)36-30)15-18-45(5,6)17-12-16-35-33(42)37(8-2)9-3/h10-11,13-14,19H,7-9,12,15-18,20-21H2,1-6H3,(H,35,42)/t34-/m0/s1. The van der Waals surface area contributed by atoms with Gasteiger partial charge in [-0.15, -0.1) is 0 Å². The molecule has 5 rings (SSSR count). The van der Waals surface area contributed by atoms with Crippen LogP contribution in [0.15, 0.2) is 35.1 Å². The lowest BCUT2D eigenvalue weighted by molar-refractivity contribution is -0.188. The Balaban J connectivity index is 1.46. The first-order chi connectivity index (χ1) is 21.5. The number of nitrogens with zero attached hydrogens (tertiary/aromatic N) is 3. The SMILES string of the molecule is CCN(CC)C(=O)NCCC[Si](C)(C)CCc1c2c(nc3ccccc13)-c1cc3c(c(=O)n1C2)COC(=O)[C@@]3(CC)OC(C)=O. The second-order valence-corrected chi connectivity index (χ2v) is 18.1. The number of urea groups is 1. The van der Waals surface area contributed by atoms with Crippen LogP contribution in [0.1, 0.15) is 62.8 Å². The lowest BCUT2D eigenvalue weighted by Crippen LogP contribution is -2.47. The molecular formula is C34H44N4O6Si. The number of cyclic esters (lactones) is 1. The molecule has 0 aliphatic carbocycles. The number of benzene rings is 1. The van der Waals surface area contributed by atoms with Crippen molar-refractivity contribution < 1.29 is 23.9 Å². The fourth-order valence-corrected chi connectivity index (χ4v) is 9.08. The van der Waals surface area contributed by atoms with Crippen molar-refractivity contribution in [3.8, 4) is 11.4 Å². The molecule has 2 aliphatic heterocycles. The van der Waals surface area contributed by atoms with Gasteiger partial charge in [0, 0.05) is 51.1 Å². The van der Waals surface area contributed by atoms with E-state index in [1.165, 1.54) is 12.5 Å². The predicted octanol–water partition coefficient (Wildman–Crippen LogP) is 5.34. The van der Waals surface area contributed by atoms with Crippen LogP contribution < -0.4 is 10.9 Å². The number of hydrogen-bond donors (Lipinski definition) is 1. The minimum absolute atomic E-state index is 0.00487. The molecule has 0 bridgehead atoms. The molecule has 0 unspecified atom stereocenters. The molecule has 4 heterocycles. The minimum Gasteiger partial charge on any atom is -0.457 e. The summed E-state index contributed by atoms with van der Waals surface area (Å²) in [6.07, 6.45) is 1.94. The highest BCUT2D eigenvalue weighted by Gasteiger charge is 2.50. The second-order valence-electron chi connectivity index (χ2n) is 12.8. The number of rotatable bonds is 11. The monoisotopic (exact) mass is 632 g/mol. The van der Waals surface area contributed by atoms with Gasteiger partial charge in [0.15, 0.2) is 0 Å². The molecule has 1 N–H and O–H groups in total. The second kappa shape index (κ2) is 12.8. The van der Waals surface area contributed by atoms with E-state index in [2.05, 4.69) is 24.5 Å². The first-order valence-corrected chi connectivity index (χ1v) is 19.4. The third-order valence-electron chi connectivity index (χ3n) is 9.41. The summed E-state index contributed by atoms with van der Waals surface area (Å²) in [7, 11) is -1.64. The molecule has 3 aromatic rings. The van der Waals surface area contributed by atoms with Crippen LogP contribution in [0.25, 0.3) is 22.3 Å². The molecule has 10 nitrogen and oxygen atoms in total. The Morgan fingerprint density at radius 2 is 1.84 bits per heavy atom. The predicted molar refractivity (Wildman–Crippen MR) is 176 cm³/mol. The Morgan fingerprint density at radius 1 is 1.11 bits per heavy atom. The molecule has 11 heteroatoms. The van der Waals surface area contributed by atoms with Crippen molar-refractivity contribution in [3.05, 3.63) is 62.9 Å². The van der Waals surface area contributed by atoms with Gasteiger partial charge in [-0.2, -0.15) is 0 Å². The van der Waals surface area contributed by atoms with Gasteiger partial charge >= 0.3 is 18.0 Å². The Kier molecular flexibility index (Phi) is 9.20. The number of hydrogen-bond acceptors (Lipinski definition) is 7. The van der Waals surface area contributed by atoms with Gasteiger partial charge in [0.05, 0.1) is 29.0 Å². The molecular weight excluding hydrogens is 588 g/mol. The number of esters is 2. The van der Waals surface area contributed by atoms with Crippen LogP contribution in [0.4, 0.5) is 4.79 Å².